The largest absolute Gasteiger partial charge is 0.207 e. The van der Waals surface area contributed by atoms with E-state index in [-0.39, 0.29) is 11.6 Å². The molecule has 0 saturated carbocycles. The van der Waals surface area contributed by atoms with E-state index >= 15 is 0 Å². The van der Waals surface area contributed by atoms with Crippen LogP contribution in [0.15, 0.2) is 36.4 Å². The molecule has 0 unspecified atom stereocenters. The van der Waals surface area contributed by atoms with Gasteiger partial charge in [0.15, 0.2) is 0 Å². The highest BCUT2D eigenvalue weighted by Crippen LogP contribution is 2.23. The van der Waals surface area contributed by atoms with Crippen LogP contribution in [-0.2, 0) is 0 Å². The van der Waals surface area contributed by atoms with Gasteiger partial charge in [0, 0.05) is 10.8 Å². The lowest BCUT2D eigenvalue weighted by Gasteiger charge is -2.01. The normalized spacial score (nSPS) is 11.1. The Kier molecular flexibility index (Phi) is 1.83. The van der Waals surface area contributed by atoms with Gasteiger partial charge >= 0.3 is 0 Å². The van der Waals surface area contributed by atoms with Gasteiger partial charge in [-0.2, -0.15) is 0 Å². The third kappa shape index (κ3) is 1.31. The van der Waals surface area contributed by atoms with Gasteiger partial charge in [0.05, 0.1) is 11.0 Å². The van der Waals surface area contributed by atoms with Crippen LogP contribution in [0.25, 0.3) is 21.8 Å². The van der Waals surface area contributed by atoms with E-state index in [2.05, 4.69) is 10.2 Å². The van der Waals surface area contributed by atoms with Crippen LogP contribution in [0.2, 0.25) is 0 Å². The number of halogens is 2. The molecular weight excluding hydrogens is 210 g/mol. The first-order chi connectivity index (χ1) is 7.74. The molecule has 1 heterocycles. The van der Waals surface area contributed by atoms with Crippen molar-refractivity contribution in [1.29, 1.82) is 0 Å². The summed E-state index contributed by atoms with van der Waals surface area (Å²) in [6.07, 6.45) is 0. The molecule has 0 saturated heterocycles. The Morgan fingerprint density at radius 2 is 1.12 bits per heavy atom. The Morgan fingerprint density at radius 1 is 0.688 bits per heavy atom. The van der Waals surface area contributed by atoms with Crippen molar-refractivity contribution >= 4 is 21.8 Å². The van der Waals surface area contributed by atoms with Crippen LogP contribution in [0.3, 0.4) is 0 Å². The topological polar surface area (TPSA) is 25.8 Å². The van der Waals surface area contributed by atoms with Crippen LogP contribution in [0.1, 0.15) is 0 Å². The Bertz CT molecular complexity index is 634. The van der Waals surface area contributed by atoms with E-state index in [4.69, 9.17) is 0 Å². The summed E-state index contributed by atoms with van der Waals surface area (Å²) in [6.45, 7) is 0. The molecule has 78 valence electrons. The zero-order chi connectivity index (χ0) is 11.1. The third-order valence-corrected chi connectivity index (χ3v) is 2.47. The van der Waals surface area contributed by atoms with Crippen molar-refractivity contribution in [3.63, 3.8) is 0 Å². The maximum atomic E-state index is 13.1. The second-order valence-corrected chi connectivity index (χ2v) is 3.52. The second kappa shape index (κ2) is 3.20. The summed E-state index contributed by atoms with van der Waals surface area (Å²) < 4.78 is 26.2. The van der Waals surface area contributed by atoms with E-state index in [1.807, 2.05) is 0 Å². The van der Waals surface area contributed by atoms with Crippen molar-refractivity contribution in [3.05, 3.63) is 48.0 Å². The lowest BCUT2D eigenvalue weighted by Crippen LogP contribution is -1.89. The van der Waals surface area contributed by atoms with Crippen molar-refractivity contribution < 1.29 is 8.78 Å². The fraction of sp³-hybridized carbons (Fsp3) is 0. The van der Waals surface area contributed by atoms with E-state index in [9.17, 15) is 8.78 Å². The quantitative estimate of drug-likeness (QED) is 0.540. The van der Waals surface area contributed by atoms with Crippen LogP contribution in [0.5, 0.6) is 0 Å². The Labute approximate surface area is 89.5 Å². The molecule has 0 aliphatic heterocycles. The highest BCUT2D eigenvalue weighted by Gasteiger charge is 2.05. The SMILES string of the molecule is Fc1ccc2nnc3ccc(F)cc3c2c1. The first-order valence-electron chi connectivity index (χ1n) is 4.75. The number of fused-ring (bicyclic) bond motifs is 3. The molecular formula is C12H6F2N2. The number of hydrogen-bond acceptors (Lipinski definition) is 2. The smallest absolute Gasteiger partial charge is 0.123 e. The van der Waals surface area contributed by atoms with Crippen LogP contribution in [0.4, 0.5) is 8.78 Å². The third-order valence-electron chi connectivity index (χ3n) is 2.47. The van der Waals surface area contributed by atoms with Crippen molar-refractivity contribution in [1.82, 2.24) is 10.2 Å². The van der Waals surface area contributed by atoms with Gasteiger partial charge in [0.25, 0.3) is 0 Å². The summed E-state index contributed by atoms with van der Waals surface area (Å²) >= 11 is 0. The molecule has 0 radical (unpaired) electrons. The second-order valence-electron chi connectivity index (χ2n) is 3.52. The molecule has 4 heteroatoms. The first kappa shape index (κ1) is 9.15. The minimum atomic E-state index is -0.369. The summed E-state index contributed by atoms with van der Waals surface area (Å²) in [7, 11) is 0. The molecule has 2 aromatic carbocycles. The van der Waals surface area contributed by atoms with Crippen LogP contribution in [0, 0.1) is 11.6 Å². The minimum Gasteiger partial charge on any atom is -0.207 e. The van der Waals surface area contributed by atoms with Gasteiger partial charge in [-0.3, -0.25) is 0 Å². The fourth-order valence-electron chi connectivity index (χ4n) is 1.73. The molecule has 0 N–H and O–H groups in total. The number of benzene rings is 2. The summed E-state index contributed by atoms with van der Waals surface area (Å²) in [6, 6.07) is 8.35. The average Bonchev–Trinajstić information content (AvgIpc) is 2.29. The molecule has 0 aliphatic rings. The maximum Gasteiger partial charge on any atom is 0.123 e. The number of rotatable bonds is 0. The predicted molar refractivity (Wildman–Crippen MR) is 57.0 cm³/mol. The minimum absolute atomic E-state index is 0.369. The van der Waals surface area contributed by atoms with E-state index in [0.717, 1.165) is 0 Å². The number of nitrogens with zero attached hydrogens (tertiary/aromatic N) is 2. The van der Waals surface area contributed by atoms with Gasteiger partial charge in [0.1, 0.15) is 11.6 Å². The van der Waals surface area contributed by atoms with Gasteiger partial charge in [-0.25, -0.2) is 8.78 Å². The molecule has 16 heavy (non-hydrogen) atoms. The van der Waals surface area contributed by atoms with Crippen molar-refractivity contribution in [2.45, 2.75) is 0 Å². The van der Waals surface area contributed by atoms with E-state index in [1.54, 1.807) is 0 Å². The maximum absolute atomic E-state index is 13.1. The van der Waals surface area contributed by atoms with E-state index in [1.165, 1.54) is 36.4 Å². The molecule has 3 rings (SSSR count). The standard InChI is InChI=1S/C12H6F2N2/c13-7-1-3-11-9(5-7)10-6-8(14)2-4-12(10)16-15-11/h1-6H. The molecule has 3 aromatic rings. The molecule has 0 amide bonds. The summed E-state index contributed by atoms with van der Waals surface area (Å²) in [5, 5.41) is 9.03. The van der Waals surface area contributed by atoms with Crippen molar-refractivity contribution in [2.75, 3.05) is 0 Å². The van der Waals surface area contributed by atoms with Crippen LogP contribution < -0.4 is 0 Å². The lowest BCUT2D eigenvalue weighted by atomic mass is 10.1. The van der Waals surface area contributed by atoms with Gasteiger partial charge < -0.3 is 0 Å². The Balaban J connectivity index is 2.55. The van der Waals surface area contributed by atoms with Crippen LogP contribution in [-0.4, -0.2) is 10.2 Å². The van der Waals surface area contributed by atoms with Gasteiger partial charge in [-0.05, 0) is 36.4 Å². The van der Waals surface area contributed by atoms with Crippen molar-refractivity contribution in [2.24, 2.45) is 0 Å². The molecule has 0 atom stereocenters. The number of hydrogen-bond donors (Lipinski definition) is 0. The van der Waals surface area contributed by atoms with Crippen LogP contribution >= 0.6 is 0 Å². The Hall–Kier alpha value is -2.10. The number of aromatic nitrogens is 2. The monoisotopic (exact) mass is 216 g/mol. The summed E-state index contributed by atoms with van der Waals surface area (Å²) in [5.41, 5.74) is 1.11. The average molecular weight is 216 g/mol. The predicted octanol–water partition coefficient (Wildman–Crippen LogP) is 3.06. The zero-order valence-corrected chi connectivity index (χ0v) is 8.11. The highest BCUT2D eigenvalue weighted by atomic mass is 19.1. The van der Waals surface area contributed by atoms with Gasteiger partial charge in [0.2, 0.25) is 0 Å². The molecule has 0 fully saturated rings. The summed E-state index contributed by atoms with van der Waals surface area (Å²) in [5.74, 6) is -0.739. The lowest BCUT2D eigenvalue weighted by molar-refractivity contribution is 0.628. The Morgan fingerprint density at radius 3 is 1.56 bits per heavy atom. The van der Waals surface area contributed by atoms with Gasteiger partial charge in [-0.15, -0.1) is 10.2 Å². The van der Waals surface area contributed by atoms with E-state index in [0.29, 0.717) is 21.8 Å². The molecule has 2 nitrogen and oxygen atoms in total. The molecule has 0 aliphatic carbocycles. The highest BCUT2D eigenvalue weighted by molar-refractivity contribution is 6.03. The van der Waals surface area contributed by atoms with E-state index < -0.39 is 0 Å². The molecule has 1 aromatic heterocycles. The molecule has 0 bridgehead atoms. The first-order valence-corrected chi connectivity index (χ1v) is 4.75. The van der Waals surface area contributed by atoms with Crippen molar-refractivity contribution in [3.8, 4) is 0 Å². The summed E-state index contributed by atoms with van der Waals surface area (Å²) in [4.78, 5) is 0. The fourth-order valence-corrected chi connectivity index (χ4v) is 1.73. The molecule has 0 spiro atoms. The zero-order valence-electron chi connectivity index (χ0n) is 8.11. The van der Waals surface area contributed by atoms with Gasteiger partial charge in [-0.1, -0.05) is 0 Å².